The SMILES string of the molecule is Nc1ccc(Oc2ccccc2OCCO)c(N)c1. The molecule has 0 aliphatic rings. The third kappa shape index (κ3) is 3.29. The second-order valence-corrected chi connectivity index (χ2v) is 3.92. The summed E-state index contributed by atoms with van der Waals surface area (Å²) >= 11 is 0. The maximum Gasteiger partial charge on any atom is 0.169 e. The fourth-order valence-electron chi connectivity index (χ4n) is 1.59. The molecule has 0 amide bonds. The van der Waals surface area contributed by atoms with Crippen molar-refractivity contribution in [2.24, 2.45) is 0 Å². The minimum absolute atomic E-state index is 0.0572. The van der Waals surface area contributed by atoms with Crippen LogP contribution in [-0.4, -0.2) is 18.3 Å². The van der Waals surface area contributed by atoms with Crippen molar-refractivity contribution in [2.75, 3.05) is 24.7 Å². The Hall–Kier alpha value is -2.40. The first-order chi connectivity index (χ1) is 9.20. The Morgan fingerprint density at radius 1 is 0.947 bits per heavy atom. The lowest BCUT2D eigenvalue weighted by Crippen LogP contribution is -2.03. The Bertz CT molecular complexity index is 558. The van der Waals surface area contributed by atoms with Gasteiger partial charge in [-0.3, -0.25) is 0 Å². The summed E-state index contributed by atoms with van der Waals surface area (Å²) in [5, 5.41) is 8.78. The first-order valence-corrected chi connectivity index (χ1v) is 5.86. The number of benzene rings is 2. The average Bonchev–Trinajstić information content (AvgIpc) is 2.41. The standard InChI is InChI=1S/C14H16N2O3/c15-10-5-6-12(11(16)9-10)19-14-4-2-1-3-13(14)18-8-7-17/h1-6,9,17H,7-8,15-16H2. The number of nitrogens with two attached hydrogens (primary N) is 2. The van der Waals surface area contributed by atoms with Crippen molar-refractivity contribution in [3.8, 4) is 17.2 Å². The Kier molecular flexibility index (Phi) is 4.10. The summed E-state index contributed by atoms with van der Waals surface area (Å²) in [6, 6.07) is 12.2. The molecule has 0 bridgehead atoms. The summed E-state index contributed by atoms with van der Waals surface area (Å²) in [6.07, 6.45) is 0. The van der Waals surface area contributed by atoms with Gasteiger partial charge in [-0.25, -0.2) is 0 Å². The van der Waals surface area contributed by atoms with Gasteiger partial charge in [-0.05, 0) is 30.3 Å². The lowest BCUT2D eigenvalue weighted by molar-refractivity contribution is 0.198. The van der Waals surface area contributed by atoms with E-state index in [4.69, 9.17) is 26.0 Å². The normalized spacial score (nSPS) is 10.2. The highest BCUT2D eigenvalue weighted by Crippen LogP contribution is 2.34. The molecule has 19 heavy (non-hydrogen) atoms. The predicted octanol–water partition coefficient (Wildman–Crippen LogP) is 2.01. The molecule has 5 N–H and O–H groups in total. The van der Waals surface area contributed by atoms with Crippen molar-refractivity contribution < 1.29 is 14.6 Å². The Balaban J connectivity index is 2.22. The minimum atomic E-state index is -0.0572. The van der Waals surface area contributed by atoms with Crippen LogP contribution in [0.1, 0.15) is 0 Å². The summed E-state index contributed by atoms with van der Waals surface area (Å²) in [6.45, 7) is 0.149. The second kappa shape index (κ2) is 5.97. The van der Waals surface area contributed by atoms with Gasteiger partial charge in [0.15, 0.2) is 17.2 Å². The molecule has 0 atom stereocenters. The quantitative estimate of drug-likeness (QED) is 0.715. The number of rotatable bonds is 5. The van der Waals surface area contributed by atoms with Crippen LogP contribution in [0.15, 0.2) is 42.5 Å². The van der Waals surface area contributed by atoms with Gasteiger partial charge < -0.3 is 26.0 Å². The number of ether oxygens (including phenoxy) is 2. The van der Waals surface area contributed by atoms with E-state index in [0.717, 1.165) is 0 Å². The molecule has 0 spiro atoms. The maximum atomic E-state index is 8.78. The molecule has 100 valence electrons. The zero-order valence-corrected chi connectivity index (χ0v) is 10.4. The fraction of sp³-hybridized carbons (Fsp3) is 0.143. The molecular formula is C14H16N2O3. The summed E-state index contributed by atoms with van der Waals surface area (Å²) in [7, 11) is 0. The van der Waals surface area contributed by atoms with Gasteiger partial charge in [-0.2, -0.15) is 0 Å². The van der Waals surface area contributed by atoms with Crippen LogP contribution in [0, 0.1) is 0 Å². The topological polar surface area (TPSA) is 90.7 Å². The molecule has 0 aromatic heterocycles. The minimum Gasteiger partial charge on any atom is -0.487 e. The molecule has 5 heteroatoms. The second-order valence-electron chi connectivity index (χ2n) is 3.92. The predicted molar refractivity (Wildman–Crippen MR) is 74.4 cm³/mol. The number of aliphatic hydroxyl groups excluding tert-OH is 1. The molecule has 0 saturated carbocycles. The van der Waals surface area contributed by atoms with Crippen LogP contribution in [0.25, 0.3) is 0 Å². The van der Waals surface area contributed by atoms with E-state index in [2.05, 4.69) is 0 Å². The van der Waals surface area contributed by atoms with Crippen LogP contribution in [0.4, 0.5) is 11.4 Å². The molecule has 2 rings (SSSR count). The Morgan fingerprint density at radius 3 is 2.37 bits per heavy atom. The summed E-state index contributed by atoms with van der Waals surface area (Å²) in [5.41, 5.74) is 12.5. The van der Waals surface area contributed by atoms with E-state index in [1.54, 1.807) is 30.3 Å². The van der Waals surface area contributed by atoms with Crippen LogP contribution >= 0.6 is 0 Å². The zero-order chi connectivity index (χ0) is 13.7. The lowest BCUT2D eigenvalue weighted by Gasteiger charge is -2.13. The first kappa shape index (κ1) is 13.0. The molecule has 0 unspecified atom stereocenters. The number of hydrogen-bond acceptors (Lipinski definition) is 5. The molecule has 2 aromatic carbocycles. The summed E-state index contributed by atoms with van der Waals surface area (Å²) in [4.78, 5) is 0. The Morgan fingerprint density at radius 2 is 1.68 bits per heavy atom. The number of anilines is 2. The van der Waals surface area contributed by atoms with Crippen LogP contribution < -0.4 is 20.9 Å². The van der Waals surface area contributed by atoms with Gasteiger partial charge in [0.1, 0.15) is 6.61 Å². The van der Waals surface area contributed by atoms with Crippen LogP contribution in [0.5, 0.6) is 17.2 Å². The Labute approximate surface area is 111 Å². The van der Waals surface area contributed by atoms with E-state index < -0.39 is 0 Å². The maximum absolute atomic E-state index is 8.78. The molecular weight excluding hydrogens is 244 g/mol. The summed E-state index contributed by atoms with van der Waals surface area (Å²) < 4.78 is 11.1. The highest BCUT2D eigenvalue weighted by atomic mass is 16.5. The smallest absolute Gasteiger partial charge is 0.169 e. The van der Waals surface area contributed by atoms with Crippen molar-refractivity contribution >= 4 is 11.4 Å². The van der Waals surface area contributed by atoms with Gasteiger partial charge >= 0.3 is 0 Å². The van der Waals surface area contributed by atoms with Gasteiger partial charge in [0.2, 0.25) is 0 Å². The van der Waals surface area contributed by atoms with Gasteiger partial charge in [0, 0.05) is 5.69 Å². The van der Waals surface area contributed by atoms with E-state index >= 15 is 0 Å². The molecule has 2 aromatic rings. The highest BCUT2D eigenvalue weighted by Gasteiger charge is 2.07. The lowest BCUT2D eigenvalue weighted by atomic mass is 10.2. The molecule has 5 nitrogen and oxygen atoms in total. The van der Waals surface area contributed by atoms with Gasteiger partial charge in [0.05, 0.1) is 12.3 Å². The van der Waals surface area contributed by atoms with Crippen molar-refractivity contribution in [2.45, 2.75) is 0 Å². The van der Waals surface area contributed by atoms with Crippen LogP contribution in [0.2, 0.25) is 0 Å². The highest BCUT2D eigenvalue weighted by molar-refractivity contribution is 5.62. The largest absolute Gasteiger partial charge is 0.487 e. The first-order valence-electron chi connectivity index (χ1n) is 5.86. The molecule has 0 aliphatic heterocycles. The third-order valence-corrected chi connectivity index (χ3v) is 2.45. The van der Waals surface area contributed by atoms with Gasteiger partial charge in [-0.15, -0.1) is 0 Å². The van der Waals surface area contributed by atoms with E-state index in [-0.39, 0.29) is 13.2 Å². The summed E-state index contributed by atoms with van der Waals surface area (Å²) in [5.74, 6) is 1.59. The van der Waals surface area contributed by atoms with Crippen molar-refractivity contribution in [1.82, 2.24) is 0 Å². The molecule has 0 aliphatic carbocycles. The van der Waals surface area contributed by atoms with Crippen molar-refractivity contribution in [3.63, 3.8) is 0 Å². The fourth-order valence-corrected chi connectivity index (χ4v) is 1.59. The monoisotopic (exact) mass is 260 g/mol. The van der Waals surface area contributed by atoms with Crippen molar-refractivity contribution in [1.29, 1.82) is 0 Å². The number of nitrogen functional groups attached to an aromatic ring is 2. The third-order valence-electron chi connectivity index (χ3n) is 2.45. The number of aliphatic hydroxyl groups is 1. The molecule has 0 heterocycles. The number of hydrogen-bond donors (Lipinski definition) is 3. The molecule has 0 fully saturated rings. The zero-order valence-electron chi connectivity index (χ0n) is 10.4. The molecule has 0 radical (unpaired) electrons. The van der Waals surface area contributed by atoms with Crippen molar-refractivity contribution in [3.05, 3.63) is 42.5 Å². The van der Waals surface area contributed by atoms with E-state index in [1.807, 2.05) is 12.1 Å². The number of para-hydroxylation sites is 2. The van der Waals surface area contributed by atoms with E-state index in [0.29, 0.717) is 28.6 Å². The average molecular weight is 260 g/mol. The van der Waals surface area contributed by atoms with E-state index in [9.17, 15) is 0 Å². The molecule has 0 saturated heterocycles. The van der Waals surface area contributed by atoms with E-state index in [1.165, 1.54) is 0 Å². The van der Waals surface area contributed by atoms with Crippen LogP contribution in [0.3, 0.4) is 0 Å². The van der Waals surface area contributed by atoms with Gasteiger partial charge in [-0.1, -0.05) is 12.1 Å². The van der Waals surface area contributed by atoms with Crippen LogP contribution in [-0.2, 0) is 0 Å². The van der Waals surface area contributed by atoms with Gasteiger partial charge in [0.25, 0.3) is 0 Å².